The first-order valence-electron chi connectivity index (χ1n) is 6.31. The molecule has 1 fully saturated rings. The molecule has 7 heteroatoms. The number of aryl methyl sites for hydroxylation is 1. The fourth-order valence-corrected chi connectivity index (χ4v) is 2.14. The zero-order valence-corrected chi connectivity index (χ0v) is 11.1. The minimum absolute atomic E-state index is 0.0376. The van der Waals surface area contributed by atoms with Crippen LogP contribution in [-0.2, 0) is 18.4 Å². The van der Waals surface area contributed by atoms with Gasteiger partial charge in [-0.3, -0.25) is 9.59 Å². The lowest BCUT2D eigenvalue weighted by molar-refractivity contribution is -0.132. The Morgan fingerprint density at radius 3 is 2.63 bits per heavy atom. The molecule has 1 aliphatic carbocycles. The van der Waals surface area contributed by atoms with E-state index in [4.69, 9.17) is 5.73 Å². The Kier molecular flexibility index (Phi) is 3.46. The third-order valence-electron chi connectivity index (χ3n) is 3.30. The Morgan fingerprint density at radius 1 is 1.47 bits per heavy atom. The van der Waals surface area contributed by atoms with Crippen LogP contribution in [-0.4, -0.2) is 32.5 Å². The number of hydrogen-bond donors (Lipinski definition) is 1. The Bertz CT molecular complexity index is 578. The Balaban J connectivity index is 2.31. The van der Waals surface area contributed by atoms with E-state index in [2.05, 4.69) is 0 Å². The van der Waals surface area contributed by atoms with Crippen molar-refractivity contribution in [2.75, 3.05) is 12.3 Å². The van der Waals surface area contributed by atoms with Gasteiger partial charge in [-0.2, -0.15) is 0 Å². The fourth-order valence-electron chi connectivity index (χ4n) is 2.14. The third kappa shape index (κ3) is 2.54. The zero-order valence-electron chi connectivity index (χ0n) is 11.1. The van der Waals surface area contributed by atoms with Crippen molar-refractivity contribution in [1.29, 1.82) is 0 Å². The van der Waals surface area contributed by atoms with Gasteiger partial charge in [-0.05, 0) is 19.8 Å². The third-order valence-corrected chi connectivity index (χ3v) is 3.30. The minimum Gasteiger partial charge on any atom is -0.393 e. The summed E-state index contributed by atoms with van der Waals surface area (Å²) in [5.74, 6) is -0.213. The topological polar surface area (TPSA) is 90.3 Å². The van der Waals surface area contributed by atoms with Crippen molar-refractivity contribution in [2.45, 2.75) is 32.4 Å². The predicted molar refractivity (Wildman–Crippen MR) is 70.8 cm³/mol. The molecule has 0 atom stereocenters. The van der Waals surface area contributed by atoms with Gasteiger partial charge in [0.1, 0.15) is 12.2 Å². The summed E-state index contributed by atoms with van der Waals surface area (Å²) in [5, 5.41) is 0. The molecule has 2 N–H and O–H groups in total. The summed E-state index contributed by atoms with van der Waals surface area (Å²) >= 11 is 0. The van der Waals surface area contributed by atoms with Gasteiger partial charge in [0.15, 0.2) is 0 Å². The molecule has 0 aliphatic heterocycles. The number of carbonyl (C=O) groups excluding carboxylic acids is 1. The molecule has 1 aromatic rings. The number of rotatable bonds is 4. The number of nitrogen functional groups attached to an aromatic ring is 1. The van der Waals surface area contributed by atoms with Gasteiger partial charge < -0.3 is 15.2 Å². The largest absolute Gasteiger partial charge is 0.393 e. The summed E-state index contributed by atoms with van der Waals surface area (Å²) in [6.45, 7) is 2.22. The van der Waals surface area contributed by atoms with E-state index in [0.29, 0.717) is 6.54 Å². The van der Waals surface area contributed by atoms with Crippen molar-refractivity contribution in [3.63, 3.8) is 0 Å². The zero-order chi connectivity index (χ0) is 14.2. The lowest BCUT2D eigenvalue weighted by Gasteiger charge is -2.20. The van der Waals surface area contributed by atoms with Crippen molar-refractivity contribution in [1.82, 2.24) is 14.0 Å². The van der Waals surface area contributed by atoms with Gasteiger partial charge in [-0.15, -0.1) is 0 Å². The summed E-state index contributed by atoms with van der Waals surface area (Å²) in [6.07, 6.45) is 3.25. The van der Waals surface area contributed by atoms with Crippen LogP contribution in [0.2, 0.25) is 0 Å². The Labute approximate surface area is 110 Å². The number of nitrogens with zero attached hydrogens (tertiary/aromatic N) is 3. The van der Waals surface area contributed by atoms with E-state index < -0.39 is 11.2 Å². The second-order valence-electron chi connectivity index (χ2n) is 4.78. The molecule has 0 bridgehead atoms. The highest BCUT2D eigenvalue weighted by atomic mass is 16.2. The lowest BCUT2D eigenvalue weighted by atomic mass is 10.4. The average molecular weight is 266 g/mol. The molecule has 1 saturated carbocycles. The van der Waals surface area contributed by atoms with E-state index in [1.807, 2.05) is 6.92 Å². The Hall–Kier alpha value is -2.05. The first-order chi connectivity index (χ1) is 8.95. The van der Waals surface area contributed by atoms with Gasteiger partial charge in [-0.1, -0.05) is 0 Å². The highest BCUT2D eigenvalue weighted by Crippen LogP contribution is 2.26. The molecule has 1 heterocycles. The molecule has 1 aromatic heterocycles. The molecule has 19 heavy (non-hydrogen) atoms. The SMILES string of the molecule is CCN(C(=O)Cn1c(=O)c(N)cn(C)c1=O)C1CC1. The average Bonchev–Trinajstić information content (AvgIpc) is 3.17. The molecule has 1 amide bonds. The minimum atomic E-state index is -0.608. The van der Waals surface area contributed by atoms with Gasteiger partial charge in [0.05, 0.1) is 0 Å². The van der Waals surface area contributed by atoms with Crippen LogP contribution >= 0.6 is 0 Å². The van der Waals surface area contributed by atoms with Crippen molar-refractivity contribution in [3.8, 4) is 0 Å². The number of amides is 1. The molecule has 0 spiro atoms. The van der Waals surface area contributed by atoms with E-state index in [9.17, 15) is 14.4 Å². The highest BCUT2D eigenvalue weighted by Gasteiger charge is 2.31. The number of carbonyl (C=O) groups is 1. The molecule has 0 radical (unpaired) electrons. The fraction of sp³-hybridized carbons (Fsp3) is 0.583. The van der Waals surface area contributed by atoms with Crippen molar-refractivity contribution in [2.24, 2.45) is 7.05 Å². The van der Waals surface area contributed by atoms with E-state index in [1.165, 1.54) is 17.8 Å². The number of anilines is 1. The molecule has 0 unspecified atom stereocenters. The number of aromatic nitrogens is 2. The molecule has 1 aliphatic rings. The van der Waals surface area contributed by atoms with Gasteiger partial charge in [0, 0.05) is 25.8 Å². The first-order valence-corrected chi connectivity index (χ1v) is 6.31. The van der Waals surface area contributed by atoms with Gasteiger partial charge >= 0.3 is 5.69 Å². The number of nitrogens with two attached hydrogens (primary N) is 1. The predicted octanol–water partition coefficient (Wildman–Crippen LogP) is -0.860. The molecule has 0 saturated heterocycles. The standard InChI is InChI=1S/C12H18N4O3/c1-3-15(8-4-5-8)10(17)7-16-11(18)9(13)6-14(2)12(16)19/h6,8H,3-5,7,13H2,1-2H3. The second kappa shape index (κ2) is 4.91. The molecule has 104 valence electrons. The van der Waals surface area contributed by atoms with Crippen molar-refractivity contribution in [3.05, 3.63) is 27.0 Å². The van der Waals surface area contributed by atoms with Gasteiger partial charge in [0.25, 0.3) is 5.56 Å². The maximum Gasteiger partial charge on any atom is 0.331 e. The van der Waals surface area contributed by atoms with Crippen LogP contribution in [0.15, 0.2) is 15.8 Å². The van der Waals surface area contributed by atoms with Gasteiger partial charge in [-0.25, -0.2) is 9.36 Å². The molecule has 7 nitrogen and oxygen atoms in total. The molecule has 0 aromatic carbocycles. The maximum absolute atomic E-state index is 12.1. The van der Waals surface area contributed by atoms with Crippen LogP contribution in [0.3, 0.4) is 0 Å². The van der Waals surface area contributed by atoms with Crippen LogP contribution in [0.25, 0.3) is 0 Å². The summed E-state index contributed by atoms with van der Waals surface area (Å²) in [4.78, 5) is 37.5. The van der Waals surface area contributed by atoms with Crippen LogP contribution in [0.1, 0.15) is 19.8 Å². The number of hydrogen-bond acceptors (Lipinski definition) is 4. The van der Waals surface area contributed by atoms with Gasteiger partial charge in [0.2, 0.25) is 5.91 Å². The quantitative estimate of drug-likeness (QED) is 0.768. The summed E-state index contributed by atoms with van der Waals surface area (Å²) < 4.78 is 2.10. The second-order valence-corrected chi connectivity index (χ2v) is 4.78. The van der Waals surface area contributed by atoms with Crippen LogP contribution < -0.4 is 17.0 Å². The molecular formula is C12H18N4O3. The monoisotopic (exact) mass is 266 g/mol. The van der Waals surface area contributed by atoms with Crippen LogP contribution in [0, 0.1) is 0 Å². The molecule has 2 rings (SSSR count). The lowest BCUT2D eigenvalue weighted by Crippen LogP contribution is -2.45. The van der Waals surface area contributed by atoms with Crippen molar-refractivity contribution >= 4 is 11.6 Å². The van der Waals surface area contributed by atoms with E-state index in [1.54, 1.807) is 4.90 Å². The normalized spacial score (nSPS) is 14.4. The van der Waals surface area contributed by atoms with Crippen LogP contribution in [0.4, 0.5) is 5.69 Å². The van der Waals surface area contributed by atoms with Crippen molar-refractivity contribution < 1.29 is 4.79 Å². The summed E-state index contributed by atoms with van der Waals surface area (Å²) in [7, 11) is 1.50. The van der Waals surface area contributed by atoms with Crippen LogP contribution in [0.5, 0.6) is 0 Å². The number of likely N-dealkylation sites (N-methyl/N-ethyl adjacent to an activating group) is 1. The smallest absolute Gasteiger partial charge is 0.331 e. The first kappa shape index (κ1) is 13.4. The highest BCUT2D eigenvalue weighted by molar-refractivity contribution is 5.76. The van der Waals surface area contributed by atoms with E-state index >= 15 is 0 Å². The Morgan fingerprint density at radius 2 is 2.11 bits per heavy atom. The maximum atomic E-state index is 12.1. The summed E-state index contributed by atoms with van der Waals surface area (Å²) in [6, 6.07) is 0.262. The summed E-state index contributed by atoms with van der Waals surface area (Å²) in [5.41, 5.74) is 4.35. The van der Waals surface area contributed by atoms with E-state index in [0.717, 1.165) is 17.4 Å². The molecular weight excluding hydrogens is 248 g/mol. The van der Waals surface area contributed by atoms with E-state index in [-0.39, 0.29) is 24.2 Å².